The van der Waals surface area contributed by atoms with E-state index in [1.165, 1.54) is 16.3 Å². The highest BCUT2D eigenvalue weighted by atomic mass is 14.0. The summed E-state index contributed by atoms with van der Waals surface area (Å²) in [6, 6.07) is 12.6. The minimum Gasteiger partial charge on any atom is -0.101 e. The van der Waals surface area contributed by atoms with Crippen LogP contribution in [0.1, 0.15) is 18.1 Å². The largest absolute Gasteiger partial charge is 0.101 e. The molecule has 0 unspecified atom stereocenters. The molecule has 2 rings (SSSR count). The molecule has 14 heavy (non-hydrogen) atoms. The lowest BCUT2D eigenvalue weighted by Gasteiger charge is -2.03. The van der Waals surface area contributed by atoms with Gasteiger partial charge in [0.05, 0.1) is 0 Å². The van der Waals surface area contributed by atoms with Crippen LogP contribution in [0, 0.1) is 18.8 Å². The molecule has 0 heterocycles. The molecule has 0 aliphatic rings. The Labute approximate surface area is 84.6 Å². The lowest BCUT2D eigenvalue weighted by Crippen LogP contribution is -1.82. The zero-order valence-electron chi connectivity index (χ0n) is 8.46. The van der Waals surface area contributed by atoms with Gasteiger partial charge in [-0.05, 0) is 36.2 Å². The Kier molecular flexibility index (Phi) is 2.24. The van der Waals surface area contributed by atoms with Crippen molar-refractivity contribution in [2.45, 2.75) is 13.8 Å². The van der Waals surface area contributed by atoms with Gasteiger partial charge in [-0.15, -0.1) is 5.92 Å². The molecule has 0 saturated carbocycles. The number of fused-ring (bicyclic) bond motifs is 1. The van der Waals surface area contributed by atoms with Crippen LogP contribution < -0.4 is 0 Å². The summed E-state index contributed by atoms with van der Waals surface area (Å²) in [5.74, 6) is 6.07. The van der Waals surface area contributed by atoms with Gasteiger partial charge < -0.3 is 0 Å². The predicted octanol–water partition coefficient (Wildman–Crippen LogP) is 3.52. The summed E-state index contributed by atoms with van der Waals surface area (Å²) in [6.07, 6.45) is 0. The molecule has 0 radical (unpaired) electrons. The van der Waals surface area contributed by atoms with Gasteiger partial charge in [0.1, 0.15) is 0 Å². The first kappa shape index (κ1) is 8.84. The molecule has 0 N–H and O–H groups in total. The van der Waals surface area contributed by atoms with E-state index >= 15 is 0 Å². The third kappa shape index (κ3) is 1.38. The molecule has 0 heteroatoms. The number of aryl methyl sites for hydroxylation is 1. The van der Waals surface area contributed by atoms with Gasteiger partial charge in [0.15, 0.2) is 0 Å². The van der Waals surface area contributed by atoms with Gasteiger partial charge in [0.25, 0.3) is 0 Å². The van der Waals surface area contributed by atoms with Crippen LogP contribution in [0.2, 0.25) is 0 Å². The Morgan fingerprint density at radius 3 is 2.36 bits per heavy atom. The Hall–Kier alpha value is -1.74. The Bertz CT molecular complexity index is 524. The Morgan fingerprint density at radius 2 is 1.64 bits per heavy atom. The third-order valence-electron chi connectivity index (χ3n) is 2.40. The minimum atomic E-state index is 1.12. The van der Waals surface area contributed by atoms with Crippen molar-refractivity contribution < 1.29 is 0 Å². The Morgan fingerprint density at radius 1 is 0.929 bits per heavy atom. The summed E-state index contributed by atoms with van der Waals surface area (Å²) in [7, 11) is 0. The molecule has 0 aliphatic heterocycles. The van der Waals surface area contributed by atoms with Crippen molar-refractivity contribution in [2.75, 3.05) is 0 Å². The highest BCUT2D eigenvalue weighted by molar-refractivity contribution is 5.90. The second-order valence-corrected chi connectivity index (χ2v) is 3.35. The summed E-state index contributed by atoms with van der Waals surface area (Å²) < 4.78 is 0. The van der Waals surface area contributed by atoms with Crippen LogP contribution in [0.5, 0.6) is 0 Å². The maximum atomic E-state index is 3.13. The highest BCUT2D eigenvalue weighted by Gasteiger charge is 1.99. The van der Waals surface area contributed by atoms with E-state index in [9.17, 15) is 0 Å². The molecule has 68 valence electrons. The van der Waals surface area contributed by atoms with Gasteiger partial charge in [-0.2, -0.15) is 0 Å². The molecule has 0 spiro atoms. The van der Waals surface area contributed by atoms with Gasteiger partial charge in [0, 0.05) is 5.56 Å². The van der Waals surface area contributed by atoms with Crippen molar-refractivity contribution >= 4 is 10.8 Å². The van der Waals surface area contributed by atoms with E-state index in [0.717, 1.165) is 5.56 Å². The zero-order chi connectivity index (χ0) is 9.97. The molecule has 2 aromatic carbocycles. The second kappa shape index (κ2) is 3.55. The van der Waals surface area contributed by atoms with Crippen LogP contribution >= 0.6 is 0 Å². The fourth-order valence-electron chi connectivity index (χ4n) is 1.69. The standard InChI is InChI=1S/C14H12/c1-3-6-12-10-9-11(2)13-7-4-5-8-14(12)13/h4-5,7-10H,1-2H3. The normalized spacial score (nSPS) is 9.57. The third-order valence-corrected chi connectivity index (χ3v) is 2.40. The van der Waals surface area contributed by atoms with Gasteiger partial charge in [0.2, 0.25) is 0 Å². The lowest BCUT2D eigenvalue weighted by atomic mass is 10.0. The highest BCUT2D eigenvalue weighted by Crippen LogP contribution is 2.21. The van der Waals surface area contributed by atoms with E-state index in [1.54, 1.807) is 0 Å². The molecule has 0 bridgehead atoms. The monoisotopic (exact) mass is 180 g/mol. The molecule has 0 atom stereocenters. The van der Waals surface area contributed by atoms with Crippen molar-refractivity contribution in [3.63, 3.8) is 0 Å². The van der Waals surface area contributed by atoms with Crippen molar-refractivity contribution in [2.24, 2.45) is 0 Å². The topological polar surface area (TPSA) is 0 Å². The number of benzene rings is 2. The number of hydrogen-bond donors (Lipinski definition) is 0. The van der Waals surface area contributed by atoms with E-state index in [4.69, 9.17) is 0 Å². The van der Waals surface area contributed by atoms with E-state index in [1.807, 2.05) is 6.92 Å². The molecule has 0 fully saturated rings. The van der Waals surface area contributed by atoms with E-state index in [2.05, 4.69) is 55.2 Å². The van der Waals surface area contributed by atoms with Gasteiger partial charge in [-0.1, -0.05) is 36.3 Å². The van der Waals surface area contributed by atoms with Crippen LogP contribution in [0.15, 0.2) is 36.4 Å². The predicted molar refractivity (Wildman–Crippen MR) is 61.2 cm³/mol. The summed E-state index contributed by atoms with van der Waals surface area (Å²) in [6.45, 7) is 4.00. The zero-order valence-corrected chi connectivity index (χ0v) is 8.46. The summed E-state index contributed by atoms with van der Waals surface area (Å²) in [5.41, 5.74) is 2.43. The number of hydrogen-bond acceptors (Lipinski definition) is 0. The van der Waals surface area contributed by atoms with Gasteiger partial charge >= 0.3 is 0 Å². The molecule has 0 aromatic heterocycles. The SMILES string of the molecule is CC#Cc1ccc(C)c2ccccc12. The van der Waals surface area contributed by atoms with Crippen molar-refractivity contribution in [3.05, 3.63) is 47.5 Å². The average molecular weight is 180 g/mol. The Balaban J connectivity index is 2.86. The lowest BCUT2D eigenvalue weighted by molar-refractivity contribution is 1.52. The maximum Gasteiger partial charge on any atom is 0.0323 e. The summed E-state index contributed by atoms with van der Waals surface area (Å²) in [4.78, 5) is 0. The molecular formula is C14H12. The molecular weight excluding hydrogens is 168 g/mol. The van der Waals surface area contributed by atoms with Crippen LogP contribution in [0.4, 0.5) is 0 Å². The molecule has 2 aromatic rings. The summed E-state index contributed by atoms with van der Waals surface area (Å²) >= 11 is 0. The molecule has 0 aliphatic carbocycles. The minimum absolute atomic E-state index is 1.12. The quantitative estimate of drug-likeness (QED) is 0.544. The van der Waals surface area contributed by atoms with Gasteiger partial charge in [-0.25, -0.2) is 0 Å². The first-order valence-corrected chi connectivity index (χ1v) is 4.74. The number of rotatable bonds is 0. The van der Waals surface area contributed by atoms with Crippen molar-refractivity contribution in [1.29, 1.82) is 0 Å². The first-order valence-electron chi connectivity index (χ1n) is 4.74. The first-order chi connectivity index (χ1) is 6.83. The van der Waals surface area contributed by atoms with E-state index < -0.39 is 0 Å². The van der Waals surface area contributed by atoms with E-state index in [0.29, 0.717) is 0 Å². The molecule has 0 saturated heterocycles. The van der Waals surface area contributed by atoms with Crippen LogP contribution in [-0.2, 0) is 0 Å². The van der Waals surface area contributed by atoms with Gasteiger partial charge in [-0.3, -0.25) is 0 Å². The average Bonchev–Trinajstić information content (AvgIpc) is 2.23. The second-order valence-electron chi connectivity index (χ2n) is 3.35. The summed E-state index contributed by atoms with van der Waals surface area (Å²) in [5, 5.41) is 2.55. The molecule has 0 amide bonds. The smallest absolute Gasteiger partial charge is 0.0323 e. The fourth-order valence-corrected chi connectivity index (χ4v) is 1.69. The van der Waals surface area contributed by atoms with Crippen LogP contribution in [-0.4, -0.2) is 0 Å². The van der Waals surface area contributed by atoms with Crippen LogP contribution in [0.3, 0.4) is 0 Å². The van der Waals surface area contributed by atoms with Crippen molar-refractivity contribution in [3.8, 4) is 11.8 Å². The van der Waals surface area contributed by atoms with Crippen LogP contribution in [0.25, 0.3) is 10.8 Å². The molecule has 0 nitrogen and oxygen atoms in total. The van der Waals surface area contributed by atoms with Crippen molar-refractivity contribution in [1.82, 2.24) is 0 Å². The maximum absolute atomic E-state index is 3.13. The van der Waals surface area contributed by atoms with E-state index in [-0.39, 0.29) is 0 Å². The fraction of sp³-hybridized carbons (Fsp3) is 0.143.